The lowest BCUT2D eigenvalue weighted by Gasteiger charge is -2.27. The molecule has 0 radical (unpaired) electrons. The third kappa shape index (κ3) is 4.69. The number of anilines is 1. The SMILES string of the molecule is CCc1ccc(C(=O)Nc2ccc(C(=O)OC)cc2)cc1S(=O)(=O)N1CCOCC1. The fourth-order valence-electron chi connectivity index (χ4n) is 3.16. The number of methoxy groups -OCH3 is 1. The summed E-state index contributed by atoms with van der Waals surface area (Å²) in [5.74, 6) is -0.914. The van der Waals surface area contributed by atoms with Gasteiger partial charge in [-0.3, -0.25) is 4.79 Å². The van der Waals surface area contributed by atoms with Crippen molar-refractivity contribution in [3.05, 3.63) is 59.2 Å². The van der Waals surface area contributed by atoms with Gasteiger partial charge in [0.15, 0.2) is 0 Å². The van der Waals surface area contributed by atoms with E-state index in [0.717, 1.165) is 0 Å². The van der Waals surface area contributed by atoms with E-state index in [1.165, 1.54) is 29.6 Å². The molecule has 0 bridgehead atoms. The Bertz CT molecular complexity index is 1030. The van der Waals surface area contributed by atoms with Crippen molar-refractivity contribution in [2.45, 2.75) is 18.2 Å². The van der Waals surface area contributed by atoms with Crippen molar-refractivity contribution >= 4 is 27.6 Å². The summed E-state index contributed by atoms with van der Waals surface area (Å²) in [6.45, 7) is 3.14. The Labute approximate surface area is 175 Å². The van der Waals surface area contributed by atoms with Gasteiger partial charge in [-0.05, 0) is 48.4 Å². The monoisotopic (exact) mass is 432 g/mol. The molecule has 30 heavy (non-hydrogen) atoms. The van der Waals surface area contributed by atoms with E-state index in [1.54, 1.807) is 24.3 Å². The second kappa shape index (κ2) is 9.38. The third-order valence-electron chi connectivity index (χ3n) is 4.86. The van der Waals surface area contributed by atoms with E-state index < -0.39 is 21.9 Å². The summed E-state index contributed by atoms with van der Waals surface area (Å²) in [4.78, 5) is 24.4. The van der Waals surface area contributed by atoms with Gasteiger partial charge >= 0.3 is 5.97 Å². The minimum atomic E-state index is -3.73. The van der Waals surface area contributed by atoms with Gasteiger partial charge in [0, 0.05) is 24.3 Å². The number of hydrogen-bond acceptors (Lipinski definition) is 6. The number of carbonyl (C=O) groups excluding carboxylic acids is 2. The number of benzene rings is 2. The quantitative estimate of drug-likeness (QED) is 0.703. The first-order valence-corrected chi connectivity index (χ1v) is 11.0. The Morgan fingerprint density at radius 1 is 1.07 bits per heavy atom. The maximum Gasteiger partial charge on any atom is 0.337 e. The van der Waals surface area contributed by atoms with Crippen LogP contribution in [-0.4, -0.2) is 58.0 Å². The average Bonchev–Trinajstić information content (AvgIpc) is 2.79. The summed E-state index contributed by atoms with van der Waals surface area (Å²) in [5.41, 5.74) is 1.73. The van der Waals surface area contributed by atoms with E-state index in [9.17, 15) is 18.0 Å². The smallest absolute Gasteiger partial charge is 0.337 e. The first kappa shape index (κ1) is 21.9. The second-order valence-electron chi connectivity index (χ2n) is 6.72. The van der Waals surface area contributed by atoms with Gasteiger partial charge in [0.25, 0.3) is 5.91 Å². The van der Waals surface area contributed by atoms with Crippen LogP contribution >= 0.6 is 0 Å². The molecule has 1 aliphatic rings. The molecule has 1 amide bonds. The molecule has 2 aromatic carbocycles. The minimum absolute atomic E-state index is 0.139. The number of sulfonamides is 1. The van der Waals surface area contributed by atoms with Crippen molar-refractivity contribution in [3.63, 3.8) is 0 Å². The van der Waals surface area contributed by atoms with Crippen molar-refractivity contribution in [2.75, 3.05) is 38.7 Å². The van der Waals surface area contributed by atoms with E-state index in [1.807, 2.05) is 6.92 Å². The Morgan fingerprint density at radius 3 is 2.30 bits per heavy atom. The Balaban J connectivity index is 1.85. The Kier molecular flexibility index (Phi) is 6.86. The second-order valence-corrected chi connectivity index (χ2v) is 8.62. The largest absolute Gasteiger partial charge is 0.465 e. The van der Waals surface area contributed by atoms with Crippen LogP contribution in [-0.2, 0) is 25.9 Å². The number of nitrogens with one attached hydrogen (secondary N) is 1. The van der Waals surface area contributed by atoms with Crippen molar-refractivity contribution in [3.8, 4) is 0 Å². The molecule has 3 rings (SSSR count). The molecule has 0 aromatic heterocycles. The summed E-state index contributed by atoms with van der Waals surface area (Å²) < 4.78 is 37.5. The van der Waals surface area contributed by atoms with Gasteiger partial charge < -0.3 is 14.8 Å². The topological polar surface area (TPSA) is 102 Å². The van der Waals surface area contributed by atoms with Crippen LogP contribution in [0.4, 0.5) is 5.69 Å². The molecule has 160 valence electrons. The summed E-state index contributed by atoms with van der Waals surface area (Å²) in [6.07, 6.45) is 0.524. The van der Waals surface area contributed by atoms with Crippen molar-refractivity contribution in [2.24, 2.45) is 0 Å². The van der Waals surface area contributed by atoms with Gasteiger partial charge in [-0.1, -0.05) is 13.0 Å². The van der Waals surface area contributed by atoms with Crippen LogP contribution in [0, 0.1) is 0 Å². The zero-order chi connectivity index (χ0) is 21.7. The van der Waals surface area contributed by atoms with Crippen LogP contribution in [0.3, 0.4) is 0 Å². The third-order valence-corrected chi connectivity index (χ3v) is 6.84. The molecule has 0 aliphatic carbocycles. The fraction of sp³-hybridized carbons (Fsp3) is 0.333. The van der Waals surface area contributed by atoms with Gasteiger partial charge in [0.2, 0.25) is 10.0 Å². The number of esters is 1. The first-order valence-electron chi connectivity index (χ1n) is 9.57. The number of carbonyl (C=O) groups is 2. The average molecular weight is 432 g/mol. The van der Waals surface area contributed by atoms with Gasteiger partial charge in [0.05, 0.1) is 30.8 Å². The molecule has 2 aromatic rings. The molecular weight excluding hydrogens is 408 g/mol. The molecule has 1 fully saturated rings. The summed E-state index contributed by atoms with van der Waals surface area (Å²) >= 11 is 0. The molecule has 1 aliphatic heterocycles. The molecule has 9 heteroatoms. The highest BCUT2D eigenvalue weighted by Gasteiger charge is 2.29. The molecule has 1 heterocycles. The number of rotatable bonds is 6. The van der Waals surface area contributed by atoms with Gasteiger partial charge in [-0.2, -0.15) is 4.31 Å². The van der Waals surface area contributed by atoms with Crippen LogP contribution in [0.15, 0.2) is 47.4 Å². The zero-order valence-electron chi connectivity index (χ0n) is 16.9. The fourth-order valence-corrected chi connectivity index (χ4v) is 4.89. The molecule has 0 spiro atoms. The lowest BCUT2D eigenvalue weighted by atomic mass is 10.1. The molecule has 0 atom stereocenters. The number of nitrogens with zero attached hydrogens (tertiary/aromatic N) is 1. The van der Waals surface area contributed by atoms with Gasteiger partial charge in [0.1, 0.15) is 0 Å². The summed E-state index contributed by atoms with van der Waals surface area (Å²) in [6, 6.07) is 10.9. The number of amides is 1. The number of hydrogen-bond donors (Lipinski definition) is 1. The first-order chi connectivity index (χ1) is 14.4. The molecular formula is C21H24N2O6S. The van der Waals surface area contributed by atoms with Crippen LogP contribution < -0.4 is 5.32 Å². The lowest BCUT2D eigenvalue weighted by molar-refractivity contribution is 0.0600. The predicted octanol–water partition coefficient (Wildman–Crippen LogP) is 2.31. The van der Waals surface area contributed by atoms with E-state index in [-0.39, 0.29) is 23.5 Å². The van der Waals surface area contributed by atoms with Crippen molar-refractivity contribution in [1.29, 1.82) is 0 Å². The number of ether oxygens (including phenoxy) is 2. The van der Waals surface area contributed by atoms with Crippen LogP contribution in [0.1, 0.15) is 33.2 Å². The molecule has 1 N–H and O–H groups in total. The molecule has 8 nitrogen and oxygen atoms in total. The standard InChI is InChI=1S/C21H24N2O6S/c1-3-15-4-5-17(14-19(15)30(26,27)23-10-12-29-13-11-23)20(24)22-18-8-6-16(7-9-18)21(25)28-2/h4-9,14H,3,10-13H2,1-2H3,(H,22,24). The van der Waals surface area contributed by atoms with Crippen molar-refractivity contribution in [1.82, 2.24) is 4.31 Å². The lowest BCUT2D eigenvalue weighted by Crippen LogP contribution is -2.41. The molecule has 1 saturated heterocycles. The molecule has 0 saturated carbocycles. The van der Waals surface area contributed by atoms with Crippen LogP contribution in [0.5, 0.6) is 0 Å². The maximum absolute atomic E-state index is 13.1. The highest BCUT2D eigenvalue weighted by molar-refractivity contribution is 7.89. The summed E-state index contributed by atoms with van der Waals surface area (Å²) in [5, 5.41) is 2.72. The minimum Gasteiger partial charge on any atom is -0.465 e. The Morgan fingerprint density at radius 2 is 1.70 bits per heavy atom. The van der Waals surface area contributed by atoms with E-state index >= 15 is 0 Å². The normalized spacial score (nSPS) is 14.9. The van der Waals surface area contributed by atoms with E-state index in [2.05, 4.69) is 10.1 Å². The van der Waals surface area contributed by atoms with Gasteiger partial charge in [-0.25, -0.2) is 13.2 Å². The Hall–Kier alpha value is -2.75. The van der Waals surface area contributed by atoms with Gasteiger partial charge in [-0.15, -0.1) is 0 Å². The number of aryl methyl sites for hydroxylation is 1. The van der Waals surface area contributed by atoms with E-state index in [4.69, 9.17) is 4.74 Å². The zero-order valence-corrected chi connectivity index (χ0v) is 17.7. The molecule has 0 unspecified atom stereocenters. The van der Waals surface area contributed by atoms with Crippen molar-refractivity contribution < 1.29 is 27.5 Å². The number of morpholine rings is 1. The maximum atomic E-state index is 13.1. The summed E-state index contributed by atoms with van der Waals surface area (Å²) in [7, 11) is -2.44. The predicted molar refractivity (Wildman–Crippen MR) is 111 cm³/mol. The van der Waals surface area contributed by atoms with E-state index in [0.29, 0.717) is 36.4 Å². The highest BCUT2D eigenvalue weighted by atomic mass is 32.2. The van der Waals surface area contributed by atoms with Crippen LogP contribution in [0.25, 0.3) is 0 Å². The highest BCUT2D eigenvalue weighted by Crippen LogP contribution is 2.24. The van der Waals surface area contributed by atoms with Crippen LogP contribution in [0.2, 0.25) is 0 Å².